The Bertz CT molecular complexity index is 413. The zero-order valence-corrected chi connectivity index (χ0v) is 10.1. The quantitative estimate of drug-likeness (QED) is 0.796. The zero-order valence-electron chi connectivity index (χ0n) is 10.1. The van der Waals surface area contributed by atoms with Gasteiger partial charge in [-0.2, -0.15) is 0 Å². The second-order valence-electron chi connectivity index (χ2n) is 3.88. The van der Waals surface area contributed by atoms with E-state index in [9.17, 15) is 9.59 Å². The van der Waals surface area contributed by atoms with Gasteiger partial charge in [-0.15, -0.1) is 5.10 Å². The molecule has 0 bridgehead atoms. The van der Waals surface area contributed by atoms with Crippen LogP contribution in [0.3, 0.4) is 0 Å². The van der Waals surface area contributed by atoms with Gasteiger partial charge in [-0.25, -0.2) is 4.68 Å². The Morgan fingerprint density at radius 2 is 2.18 bits per heavy atom. The Hall–Kier alpha value is -1.92. The molecule has 1 amide bonds. The smallest absolute Gasteiger partial charge is 0.325 e. The summed E-state index contributed by atoms with van der Waals surface area (Å²) in [7, 11) is 0. The first-order chi connectivity index (χ1) is 7.95. The number of aromatic nitrogens is 3. The van der Waals surface area contributed by atoms with Gasteiger partial charge in [0, 0.05) is 12.6 Å². The van der Waals surface area contributed by atoms with Crippen molar-refractivity contribution in [3.63, 3.8) is 0 Å². The van der Waals surface area contributed by atoms with Crippen LogP contribution in [0.25, 0.3) is 0 Å². The lowest BCUT2D eigenvalue weighted by molar-refractivity contribution is -0.137. The summed E-state index contributed by atoms with van der Waals surface area (Å²) in [6.07, 6.45) is 1.35. The number of hydrogen-bond acceptors (Lipinski definition) is 4. The van der Waals surface area contributed by atoms with Crippen LogP contribution in [0.15, 0.2) is 6.20 Å². The molecule has 0 spiro atoms. The second-order valence-corrected chi connectivity index (χ2v) is 3.88. The highest BCUT2D eigenvalue weighted by atomic mass is 16.4. The summed E-state index contributed by atoms with van der Waals surface area (Å²) < 4.78 is 1.13. The summed E-state index contributed by atoms with van der Waals surface area (Å²) >= 11 is 0. The van der Waals surface area contributed by atoms with Crippen molar-refractivity contribution >= 4 is 11.9 Å². The predicted molar refractivity (Wildman–Crippen MR) is 59.5 cm³/mol. The highest BCUT2D eigenvalue weighted by Gasteiger charge is 2.20. The molecule has 0 aromatic carbocycles. The number of carboxylic acid groups (broad SMARTS) is 1. The van der Waals surface area contributed by atoms with Crippen LogP contribution in [-0.4, -0.2) is 49.5 Å². The number of carboxylic acids is 1. The summed E-state index contributed by atoms with van der Waals surface area (Å²) in [6.45, 7) is 5.96. The van der Waals surface area contributed by atoms with Gasteiger partial charge in [0.1, 0.15) is 6.54 Å². The van der Waals surface area contributed by atoms with Crippen LogP contribution in [0.2, 0.25) is 0 Å². The van der Waals surface area contributed by atoms with Gasteiger partial charge in [0.05, 0.1) is 6.20 Å². The molecular formula is C10H16N4O3. The Morgan fingerprint density at radius 3 is 2.65 bits per heavy atom. The third-order valence-electron chi connectivity index (χ3n) is 2.28. The van der Waals surface area contributed by atoms with Gasteiger partial charge in [0.25, 0.3) is 5.91 Å². The van der Waals surface area contributed by atoms with Gasteiger partial charge in [0.2, 0.25) is 0 Å². The van der Waals surface area contributed by atoms with Gasteiger partial charge in [-0.05, 0) is 20.8 Å². The van der Waals surface area contributed by atoms with E-state index in [1.54, 1.807) is 4.90 Å². The van der Waals surface area contributed by atoms with Gasteiger partial charge < -0.3 is 10.0 Å². The first kappa shape index (κ1) is 13.1. The molecule has 94 valence electrons. The molecule has 17 heavy (non-hydrogen) atoms. The van der Waals surface area contributed by atoms with Crippen LogP contribution in [0.4, 0.5) is 0 Å². The average molecular weight is 240 g/mol. The molecule has 0 saturated carbocycles. The normalized spacial score (nSPS) is 10.6. The van der Waals surface area contributed by atoms with Gasteiger partial charge >= 0.3 is 5.97 Å². The van der Waals surface area contributed by atoms with Gasteiger partial charge in [-0.3, -0.25) is 9.59 Å². The number of nitrogens with zero attached hydrogens (tertiary/aromatic N) is 4. The third-order valence-corrected chi connectivity index (χ3v) is 2.28. The van der Waals surface area contributed by atoms with E-state index in [0.717, 1.165) is 4.68 Å². The molecule has 0 aliphatic rings. The van der Waals surface area contributed by atoms with E-state index < -0.39 is 5.97 Å². The standard InChI is InChI=1S/C10H16N4O3/c1-4-14(7(2)3)10(17)8-5-13(12-11-8)6-9(15)16/h5,7H,4,6H2,1-3H3,(H,15,16). The summed E-state index contributed by atoms with van der Waals surface area (Å²) in [5, 5.41) is 15.8. The lowest BCUT2D eigenvalue weighted by Crippen LogP contribution is -2.36. The molecule has 7 heteroatoms. The molecule has 0 aliphatic heterocycles. The molecule has 7 nitrogen and oxygen atoms in total. The van der Waals surface area contributed by atoms with Crippen molar-refractivity contribution in [1.82, 2.24) is 19.9 Å². The van der Waals surface area contributed by atoms with Crippen LogP contribution in [-0.2, 0) is 11.3 Å². The van der Waals surface area contributed by atoms with Crippen molar-refractivity contribution in [1.29, 1.82) is 0 Å². The molecular weight excluding hydrogens is 224 g/mol. The van der Waals surface area contributed by atoms with Crippen molar-refractivity contribution in [2.45, 2.75) is 33.4 Å². The maximum Gasteiger partial charge on any atom is 0.325 e. The van der Waals surface area contributed by atoms with Crippen LogP contribution >= 0.6 is 0 Å². The maximum absolute atomic E-state index is 12.0. The molecule has 0 aliphatic carbocycles. The molecule has 0 radical (unpaired) electrons. The maximum atomic E-state index is 12.0. The minimum atomic E-state index is -1.02. The molecule has 1 rings (SSSR count). The number of carbonyl (C=O) groups is 2. The van der Waals surface area contributed by atoms with Crippen LogP contribution in [0.5, 0.6) is 0 Å². The van der Waals surface area contributed by atoms with Crippen molar-refractivity contribution in [2.24, 2.45) is 0 Å². The Balaban J connectivity index is 2.82. The molecule has 1 aromatic heterocycles. The van der Waals surface area contributed by atoms with E-state index in [-0.39, 0.29) is 24.2 Å². The average Bonchev–Trinajstić information content (AvgIpc) is 2.65. The fraction of sp³-hybridized carbons (Fsp3) is 0.600. The fourth-order valence-electron chi connectivity index (χ4n) is 1.50. The lowest BCUT2D eigenvalue weighted by Gasteiger charge is -2.23. The predicted octanol–water partition coefficient (Wildman–Crippen LogP) is 0.233. The van der Waals surface area contributed by atoms with Gasteiger partial charge in [0.15, 0.2) is 5.69 Å². The minimum absolute atomic E-state index is 0.0668. The Morgan fingerprint density at radius 1 is 1.53 bits per heavy atom. The summed E-state index contributed by atoms with van der Waals surface area (Å²) in [6, 6.07) is 0.0668. The Labute approximate surface area is 99.0 Å². The zero-order chi connectivity index (χ0) is 13.0. The second kappa shape index (κ2) is 5.42. The highest BCUT2D eigenvalue weighted by Crippen LogP contribution is 2.05. The minimum Gasteiger partial charge on any atom is -0.480 e. The molecule has 1 N–H and O–H groups in total. The number of aliphatic carboxylic acids is 1. The first-order valence-corrected chi connectivity index (χ1v) is 5.38. The Kier molecular flexibility index (Phi) is 4.19. The summed E-state index contributed by atoms with van der Waals surface area (Å²) in [4.78, 5) is 24.1. The topological polar surface area (TPSA) is 88.3 Å². The molecule has 1 heterocycles. The fourth-order valence-corrected chi connectivity index (χ4v) is 1.50. The van der Waals surface area contributed by atoms with E-state index in [1.165, 1.54) is 6.20 Å². The lowest BCUT2D eigenvalue weighted by atomic mass is 10.3. The summed E-state index contributed by atoms with van der Waals surface area (Å²) in [5.41, 5.74) is 0.168. The molecule has 0 saturated heterocycles. The third kappa shape index (κ3) is 3.27. The molecule has 0 atom stereocenters. The highest BCUT2D eigenvalue weighted by molar-refractivity contribution is 5.92. The number of rotatable bonds is 5. The van der Waals surface area contributed by atoms with E-state index in [2.05, 4.69) is 10.3 Å². The SMILES string of the molecule is CCN(C(=O)c1cn(CC(=O)O)nn1)C(C)C. The van der Waals surface area contributed by atoms with Crippen LogP contribution in [0, 0.1) is 0 Å². The summed E-state index contributed by atoms with van der Waals surface area (Å²) in [5.74, 6) is -1.26. The largest absolute Gasteiger partial charge is 0.480 e. The van der Waals surface area contributed by atoms with Crippen molar-refractivity contribution in [2.75, 3.05) is 6.54 Å². The molecule has 0 fully saturated rings. The van der Waals surface area contributed by atoms with E-state index >= 15 is 0 Å². The number of hydrogen-bond donors (Lipinski definition) is 1. The van der Waals surface area contributed by atoms with Crippen LogP contribution < -0.4 is 0 Å². The van der Waals surface area contributed by atoms with Crippen LogP contribution in [0.1, 0.15) is 31.3 Å². The van der Waals surface area contributed by atoms with Gasteiger partial charge in [-0.1, -0.05) is 5.21 Å². The van der Waals surface area contributed by atoms with E-state index in [4.69, 9.17) is 5.11 Å². The monoisotopic (exact) mass is 240 g/mol. The number of amides is 1. The molecule has 1 aromatic rings. The van der Waals surface area contributed by atoms with E-state index in [0.29, 0.717) is 6.54 Å². The van der Waals surface area contributed by atoms with E-state index in [1.807, 2.05) is 20.8 Å². The van der Waals surface area contributed by atoms with Crippen molar-refractivity contribution < 1.29 is 14.7 Å². The molecule has 0 unspecified atom stereocenters. The number of carbonyl (C=O) groups excluding carboxylic acids is 1. The van der Waals surface area contributed by atoms with Crippen molar-refractivity contribution in [3.05, 3.63) is 11.9 Å². The first-order valence-electron chi connectivity index (χ1n) is 5.38. The van der Waals surface area contributed by atoms with Crippen molar-refractivity contribution in [3.8, 4) is 0 Å².